The molecule has 0 unspecified atom stereocenters. The number of aliphatic carboxylic acids is 1. The predicted molar refractivity (Wildman–Crippen MR) is 60.0 cm³/mol. The van der Waals surface area contributed by atoms with E-state index in [4.69, 9.17) is 22.4 Å². The van der Waals surface area contributed by atoms with Crippen LogP contribution in [0.3, 0.4) is 0 Å². The van der Waals surface area contributed by atoms with Crippen LogP contribution in [0.15, 0.2) is 24.3 Å². The van der Waals surface area contributed by atoms with E-state index in [-0.39, 0.29) is 0 Å². The summed E-state index contributed by atoms with van der Waals surface area (Å²) < 4.78 is 0. The normalized spacial score (nSPS) is 14.6. The lowest BCUT2D eigenvalue weighted by Crippen LogP contribution is -2.45. The van der Waals surface area contributed by atoms with Crippen LogP contribution < -0.4 is 5.73 Å². The highest BCUT2D eigenvalue weighted by Crippen LogP contribution is 2.19. The van der Waals surface area contributed by atoms with Gasteiger partial charge in [-0.15, -0.1) is 0 Å². The van der Waals surface area contributed by atoms with Crippen LogP contribution in [0.25, 0.3) is 0 Å². The summed E-state index contributed by atoms with van der Waals surface area (Å²) in [6.45, 7) is 1.51. The summed E-state index contributed by atoms with van der Waals surface area (Å²) in [5.41, 5.74) is 5.35. The summed E-state index contributed by atoms with van der Waals surface area (Å²) in [6, 6.07) is 7.37. The number of rotatable bonds is 4. The van der Waals surface area contributed by atoms with Crippen LogP contribution in [0.4, 0.5) is 0 Å². The second kappa shape index (κ2) is 4.64. The van der Waals surface area contributed by atoms with E-state index in [0.717, 1.165) is 5.56 Å². The Bertz CT molecular complexity index is 363. The van der Waals surface area contributed by atoms with Crippen molar-refractivity contribution in [2.75, 3.05) is 0 Å². The molecule has 1 aromatic rings. The molecular formula is C11H14ClNO2. The lowest BCUT2D eigenvalue weighted by Gasteiger charge is -2.18. The Labute approximate surface area is 93.9 Å². The van der Waals surface area contributed by atoms with Gasteiger partial charge in [0.25, 0.3) is 0 Å². The maximum Gasteiger partial charge on any atom is 0.323 e. The van der Waals surface area contributed by atoms with Crippen LogP contribution in [0.5, 0.6) is 0 Å². The number of nitrogens with two attached hydrogens (primary N) is 1. The van der Waals surface area contributed by atoms with Crippen molar-refractivity contribution in [1.29, 1.82) is 0 Å². The lowest BCUT2D eigenvalue weighted by molar-refractivity contribution is -0.142. The van der Waals surface area contributed by atoms with Crippen LogP contribution in [0.2, 0.25) is 5.02 Å². The number of benzene rings is 1. The van der Waals surface area contributed by atoms with E-state index < -0.39 is 11.5 Å². The van der Waals surface area contributed by atoms with Gasteiger partial charge >= 0.3 is 5.97 Å². The van der Waals surface area contributed by atoms with E-state index in [1.54, 1.807) is 6.07 Å². The average Bonchev–Trinajstić information content (AvgIpc) is 2.16. The third kappa shape index (κ3) is 3.22. The van der Waals surface area contributed by atoms with Gasteiger partial charge in [0.05, 0.1) is 0 Å². The predicted octanol–water partition coefficient (Wildman–Crippen LogP) is 2.07. The summed E-state index contributed by atoms with van der Waals surface area (Å²) in [4.78, 5) is 10.8. The first-order valence-corrected chi connectivity index (χ1v) is 5.07. The monoisotopic (exact) mass is 227 g/mol. The number of hydrogen-bond donors (Lipinski definition) is 2. The van der Waals surface area contributed by atoms with Crippen molar-refractivity contribution < 1.29 is 9.90 Å². The minimum atomic E-state index is -1.20. The molecular weight excluding hydrogens is 214 g/mol. The van der Waals surface area contributed by atoms with Gasteiger partial charge in [-0.3, -0.25) is 4.79 Å². The maximum absolute atomic E-state index is 10.8. The number of hydrogen-bond acceptors (Lipinski definition) is 2. The highest BCUT2D eigenvalue weighted by Gasteiger charge is 2.27. The van der Waals surface area contributed by atoms with Crippen molar-refractivity contribution in [1.82, 2.24) is 0 Å². The van der Waals surface area contributed by atoms with Crippen LogP contribution in [0.1, 0.15) is 18.9 Å². The average molecular weight is 228 g/mol. The largest absolute Gasteiger partial charge is 0.480 e. The minimum Gasteiger partial charge on any atom is -0.480 e. The van der Waals surface area contributed by atoms with Gasteiger partial charge in [0.1, 0.15) is 5.54 Å². The topological polar surface area (TPSA) is 63.3 Å². The Kier molecular flexibility index (Phi) is 3.72. The fraction of sp³-hybridized carbons (Fsp3) is 0.364. The molecule has 0 heterocycles. The first-order valence-electron chi connectivity index (χ1n) is 4.69. The number of carbonyl (C=O) groups is 1. The van der Waals surface area contributed by atoms with Crippen LogP contribution >= 0.6 is 11.6 Å². The van der Waals surface area contributed by atoms with Crippen molar-refractivity contribution in [3.63, 3.8) is 0 Å². The van der Waals surface area contributed by atoms with Gasteiger partial charge in [0.15, 0.2) is 0 Å². The molecule has 0 radical (unpaired) electrons. The number of carboxylic acids is 1. The maximum atomic E-state index is 10.8. The number of aryl methyl sites for hydroxylation is 1. The van der Waals surface area contributed by atoms with Gasteiger partial charge in [0.2, 0.25) is 0 Å². The minimum absolute atomic E-state index is 0.367. The van der Waals surface area contributed by atoms with Crippen molar-refractivity contribution in [2.45, 2.75) is 25.3 Å². The van der Waals surface area contributed by atoms with Crippen LogP contribution in [-0.4, -0.2) is 16.6 Å². The summed E-state index contributed by atoms with van der Waals surface area (Å²) in [5.74, 6) is -0.991. The number of halogens is 1. The van der Waals surface area contributed by atoms with E-state index in [2.05, 4.69) is 0 Å². The first kappa shape index (κ1) is 12.0. The van der Waals surface area contributed by atoms with E-state index in [9.17, 15) is 4.79 Å². The van der Waals surface area contributed by atoms with E-state index in [1.807, 2.05) is 18.2 Å². The molecule has 0 amide bonds. The molecule has 0 aromatic heterocycles. The van der Waals surface area contributed by atoms with E-state index >= 15 is 0 Å². The van der Waals surface area contributed by atoms with E-state index in [1.165, 1.54) is 6.92 Å². The molecule has 0 spiro atoms. The lowest BCUT2D eigenvalue weighted by atomic mass is 9.94. The molecule has 15 heavy (non-hydrogen) atoms. The Morgan fingerprint density at radius 3 is 2.67 bits per heavy atom. The molecule has 3 nitrogen and oxygen atoms in total. The van der Waals surface area contributed by atoms with Crippen molar-refractivity contribution >= 4 is 17.6 Å². The zero-order valence-corrected chi connectivity index (χ0v) is 9.29. The SMILES string of the molecule is C[C@](N)(CCc1ccccc1Cl)C(=O)O. The molecule has 1 atom stereocenters. The van der Waals surface area contributed by atoms with E-state index in [0.29, 0.717) is 17.9 Å². The molecule has 0 fully saturated rings. The van der Waals surface area contributed by atoms with Gasteiger partial charge in [-0.2, -0.15) is 0 Å². The smallest absolute Gasteiger partial charge is 0.323 e. The quantitative estimate of drug-likeness (QED) is 0.828. The molecule has 1 aromatic carbocycles. The Hall–Kier alpha value is -1.06. The summed E-state index contributed by atoms with van der Waals surface area (Å²) >= 11 is 5.94. The first-order chi connectivity index (χ1) is 6.93. The molecule has 0 bridgehead atoms. The second-order valence-corrected chi connectivity index (χ2v) is 4.22. The van der Waals surface area contributed by atoms with Crippen LogP contribution in [-0.2, 0) is 11.2 Å². The fourth-order valence-corrected chi connectivity index (χ4v) is 1.43. The van der Waals surface area contributed by atoms with Crippen molar-refractivity contribution in [2.24, 2.45) is 5.73 Å². The van der Waals surface area contributed by atoms with Gasteiger partial charge in [-0.1, -0.05) is 29.8 Å². The molecule has 3 N–H and O–H groups in total. The van der Waals surface area contributed by atoms with Gasteiger partial charge < -0.3 is 10.8 Å². The third-order valence-electron chi connectivity index (χ3n) is 2.36. The Morgan fingerprint density at radius 1 is 1.53 bits per heavy atom. The second-order valence-electron chi connectivity index (χ2n) is 3.81. The summed E-state index contributed by atoms with van der Waals surface area (Å²) in [7, 11) is 0. The zero-order chi connectivity index (χ0) is 11.5. The molecule has 0 aliphatic heterocycles. The molecule has 0 saturated carbocycles. The summed E-state index contributed by atoms with van der Waals surface area (Å²) in [5, 5.41) is 9.48. The molecule has 0 aliphatic rings. The van der Waals surface area contributed by atoms with Gasteiger partial charge in [-0.05, 0) is 31.4 Å². The molecule has 0 saturated heterocycles. The van der Waals surface area contributed by atoms with Gasteiger partial charge in [0, 0.05) is 5.02 Å². The zero-order valence-electron chi connectivity index (χ0n) is 8.53. The van der Waals surface area contributed by atoms with Crippen LogP contribution in [0, 0.1) is 0 Å². The van der Waals surface area contributed by atoms with Gasteiger partial charge in [-0.25, -0.2) is 0 Å². The standard InChI is InChI=1S/C11H14ClNO2/c1-11(13,10(14)15)7-6-8-4-2-3-5-9(8)12/h2-5H,6-7,13H2,1H3,(H,14,15)/t11-/m0/s1. The molecule has 1 rings (SSSR count). The third-order valence-corrected chi connectivity index (χ3v) is 2.73. The Morgan fingerprint density at radius 2 is 2.13 bits per heavy atom. The van der Waals surface area contributed by atoms with Crippen molar-refractivity contribution in [3.8, 4) is 0 Å². The fourth-order valence-electron chi connectivity index (χ4n) is 1.20. The molecule has 82 valence electrons. The molecule has 4 heteroatoms. The Balaban J connectivity index is 2.66. The highest BCUT2D eigenvalue weighted by molar-refractivity contribution is 6.31. The highest BCUT2D eigenvalue weighted by atomic mass is 35.5. The number of carboxylic acid groups (broad SMARTS) is 1. The summed E-state index contributed by atoms with van der Waals surface area (Å²) in [6.07, 6.45) is 0.936. The van der Waals surface area contributed by atoms with Crippen molar-refractivity contribution in [3.05, 3.63) is 34.9 Å². The molecule has 0 aliphatic carbocycles.